The fraction of sp³-hybridized carbons (Fsp3) is 0.167. The first-order valence-corrected chi connectivity index (χ1v) is 7.70. The van der Waals surface area contributed by atoms with E-state index in [-0.39, 0.29) is 18.0 Å². The van der Waals surface area contributed by atoms with Crippen LogP contribution in [-0.4, -0.2) is 27.2 Å². The minimum Gasteiger partial charge on any atom is -0.508 e. The second-order valence-corrected chi connectivity index (χ2v) is 5.49. The molecule has 2 aromatic carbocycles. The number of phenolic OH excluding ortho intramolecular Hbond substituents is 1. The summed E-state index contributed by atoms with van der Waals surface area (Å²) in [5.41, 5.74) is 2.07. The molecule has 0 amide bonds. The molecule has 25 heavy (non-hydrogen) atoms. The predicted molar refractivity (Wildman–Crippen MR) is 92.3 cm³/mol. The van der Waals surface area contributed by atoms with E-state index in [4.69, 9.17) is 4.74 Å². The highest BCUT2D eigenvalue weighted by molar-refractivity contribution is 6.07. The fourth-order valence-corrected chi connectivity index (χ4v) is 2.95. The minimum atomic E-state index is -0.500. The van der Waals surface area contributed by atoms with E-state index in [1.165, 1.54) is 24.3 Å². The third-order valence-corrected chi connectivity index (χ3v) is 3.97. The van der Waals surface area contributed by atoms with Crippen LogP contribution in [0.3, 0.4) is 0 Å². The standard InChI is InChI=1S/C18H16N2O5/c1-3-25-18(22)17-11(2)19(16-8-7-14(21)10-15(16)17)12-5-4-6-13(9-12)20(23)24/h4-10,21H,3H2,1-2H3. The smallest absolute Gasteiger partial charge is 0.340 e. The van der Waals surface area contributed by atoms with E-state index in [1.807, 2.05) is 0 Å². The van der Waals surface area contributed by atoms with Crippen molar-refractivity contribution < 1.29 is 19.6 Å². The van der Waals surface area contributed by atoms with Crippen molar-refractivity contribution in [1.82, 2.24) is 4.57 Å². The molecule has 7 heteroatoms. The van der Waals surface area contributed by atoms with Gasteiger partial charge in [-0.2, -0.15) is 0 Å². The summed E-state index contributed by atoms with van der Waals surface area (Å²) < 4.78 is 6.87. The van der Waals surface area contributed by atoms with Gasteiger partial charge in [0.15, 0.2) is 0 Å². The molecule has 0 aliphatic carbocycles. The van der Waals surface area contributed by atoms with Crippen LogP contribution in [0.1, 0.15) is 23.0 Å². The maximum absolute atomic E-state index is 12.4. The average Bonchev–Trinajstić information content (AvgIpc) is 2.86. The van der Waals surface area contributed by atoms with E-state index >= 15 is 0 Å². The molecule has 0 radical (unpaired) electrons. The van der Waals surface area contributed by atoms with Crippen LogP contribution < -0.4 is 0 Å². The van der Waals surface area contributed by atoms with Crippen molar-refractivity contribution >= 4 is 22.6 Å². The molecule has 0 atom stereocenters. The number of aromatic hydroxyl groups is 1. The van der Waals surface area contributed by atoms with Crippen LogP contribution in [0.15, 0.2) is 42.5 Å². The lowest BCUT2D eigenvalue weighted by Crippen LogP contribution is -2.07. The van der Waals surface area contributed by atoms with Crippen molar-refractivity contribution in [2.45, 2.75) is 13.8 Å². The zero-order chi connectivity index (χ0) is 18.1. The Morgan fingerprint density at radius 1 is 1.28 bits per heavy atom. The number of phenols is 1. The quantitative estimate of drug-likeness (QED) is 0.443. The number of aromatic nitrogens is 1. The molecule has 0 aliphatic heterocycles. The van der Waals surface area contributed by atoms with Gasteiger partial charge in [0.1, 0.15) is 5.75 Å². The van der Waals surface area contributed by atoms with E-state index < -0.39 is 10.9 Å². The molecular weight excluding hydrogens is 324 g/mol. The number of hydrogen-bond acceptors (Lipinski definition) is 5. The third-order valence-electron chi connectivity index (χ3n) is 3.97. The molecular formula is C18H16N2O5. The maximum atomic E-state index is 12.4. The summed E-state index contributed by atoms with van der Waals surface area (Å²) in [5, 5.41) is 21.4. The Hall–Kier alpha value is -3.35. The molecule has 7 nitrogen and oxygen atoms in total. The van der Waals surface area contributed by atoms with Gasteiger partial charge < -0.3 is 14.4 Å². The Labute approximate surface area is 143 Å². The van der Waals surface area contributed by atoms with E-state index in [0.29, 0.717) is 27.8 Å². The summed E-state index contributed by atoms with van der Waals surface area (Å²) >= 11 is 0. The number of hydrogen-bond donors (Lipinski definition) is 1. The topological polar surface area (TPSA) is 94.6 Å². The molecule has 0 aliphatic rings. The number of carbonyl (C=O) groups is 1. The number of nitro groups is 1. The number of benzene rings is 2. The molecule has 0 fully saturated rings. The molecule has 128 valence electrons. The summed E-state index contributed by atoms with van der Waals surface area (Å²) in [6.45, 7) is 3.67. The Balaban J connectivity index is 2.32. The molecule has 0 spiro atoms. The largest absolute Gasteiger partial charge is 0.508 e. The number of non-ortho nitro benzene ring substituents is 1. The number of ether oxygens (including phenoxy) is 1. The van der Waals surface area contributed by atoms with Gasteiger partial charge >= 0.3 is 5.97 Å². The molecule has 0 saturated carbocycles. The number of rotatable bonds is 4. The van der Waals surface area contributed by atoms with Gasteiger partial charge in [0.25, 0.3) is 5.69 Å². The summed E-state index contributed by atoms with van der Waals surface area (Å²) in [6, 6.07) is 10.8. The molecule has 3 aromatic rings. The first kappa shape index (κ1) is 16.5. The molecule has 1 aromatic heterocycles. The number of esters is 1. The maximum Gasteiger partial charge on any atom is 0.340 e. The van der Waals surface area contributed by atoms with E-state index in [9.17, 15) is 20.0 Å². The zero-order valence-corrected chi connectivity index (χ0v) is 13.7. The lowest BCUT2D eigenvalue weighted by atomic mass is 10.1. The lowest BCUT2D eigenvalue weighted by Gasteiger charge is -2.08. The van der Waals surface area contributed by atoms with Crippen LogP contribution in [0, 0.1) is 17.0 Å². The van der Waals surface area contributed by atoms with Crippen molar-refractivity contribution in [1.29, 1.82) is 0 Å². The second kappa shape index (κ2) is 6.27. The van der Waals surface area contributed by atoms with E-state index in [0.717, 1.165) is 0 Å². The number of nitro benzene ring substituents is 1. The second-order valence-electron chi connectivity index (χ2n) is 5.49. The van der Waals surface area contributed by atoms with Crippen molar-refractivity contribution in [2.24, 2.45) is 0 Å². The van der Waals surface area contributed by atoms with Crippen LogP contribution in [0.5, 0.6) is 5.75 Å². The van der Waals surface area contributed by atoms with Crippen molar-refractivity contribution in [3.8, 4) is 11.4 Å². The zero-order valence-electron chi connectivity index (χ0n) is 13.7. The molecule has 1 heterocycles. The molecule has 3 rings (SSSR count). The van der Waals surface area contributed by atoms with Crippen molar-refractivity contribution in [3.63, 3.8) is 0 Å². The van der Waals surface area contributed by atoms with Crippen molar-refractivity contribution in [2.75, 3.05) is 6.61 Å². The first-order valence-electron chi connectivity index (χ1n) is 7.70. The molecule has 0 unspecified atom stereocenters. The van der Waals surface area contributed by atoms with Crippen molar-refractivity contribution in [3.05, 3.63) is 63.8 Å². The van der Waals surface area contributed by atoms with Crippen LogP contribution in [-0.2, 0) is 4.74 Å². The molecule has 0 saturated heterocycles. The van der Waals surface area contributed by atoms with Gasteiger partial charge in [-0.05, 0) is 38.1 Å². The van der Waals surface area contributed by atoms with Gasteiger partial charge in [0.2, 0.25) is 0 Å². The summed E-state index contributed by atoms with van der Waals surface area (Å²) in [4.78, 5) is 23.0. The molecule has 1 N–H and O–H groups in total. The predicted octanol–water partition coefficient (Wildman–Crippen LogP) is 3.73. The summed E-state index contributed by atoms with van der Waals surface area (Å²) in [7, 11) is 0. The van der Waals surface area contributed by atoms with Gasteiger partial charge in [0, 0.05) is 23.2 Å². The van der Waals surface area contributed by atoms with Gasteiger partial charge in [-0.3, -0.25) is 10.1 Å². The highest BCUT2D eigenvalue weighted by Crippen LogP contribution is 2.33. The minimum absolute atomic E-state index is 0.0224. The van der Waals surface area contributed by atoms with E-state index in [1.54, 1.807) is 36.6 Å². The summed E-state index contributed by atoms with van der Waals surface area (Å²) in [6.07, 6.45) is 0. The highest BCUT2D eigenvalue weighted by atomic mass is 16.6. The summed E-state index contributed by atoms with van der Waals surface area (Å²) in [5.74, 6) is -0.478. The monoisotopic (exact) mass is 340 g/mol. The lowest BCUT2D eigenvalue weighted by molar-refractivity contribution is -0.384. The highest BCUT2D eigenvalue weighted by Gasteiger charge is 2.22. The van der Waals surface area contributed by atoms with Crippen LogP contribution in [0.25, 0.3) is 16.6 Å². The van der Waals surface area contributed by atoms with Gasteiger partial charge in [0.05, 0.1) is 28.3 Å². The number of nitrogens with zero attached hydrogens (tertiary/aromatic N) is 2. The molecule has 0 bridgehead atoms. The van der Waals surface area contributed by atoms with Crippen LogP contribution >= 0.6 is 0 Å². The average molecular weight is 340 g/mol. The van der Waals surface area contributed by atoms with Crippen LogP contribution in [0.4, 0.5) is 5.69 Å². The Kier molecular flexibility index (Phi) is 4.14. The number of carbonyl (C=O) groups excluding carboxylic acids is 1. The Bertz CT molecular complexity index is 991. The SMILES string of the molecule is CCOC(=O)c1c(C)n(-c2cccc([N+](=O)[O-])c2)c2ccc(O)cc12. The normalized spacial score (nSPS) is 10.8. The van der Waals surface area contributed by atoms with E-state index in [2.05, 4.69) is 0 Å². The Morgan fingerprint density at radius 3 is 2.72 bits per heavy atom. The third kappa shape index (κ3) is 2.80. The number of fused-ring (bicyclic) bond motifs is 1. The van der Waals surface area contributed by atoms with Gasteiger partial charge in [-0.25, -0.2) is 4.79 Å². The Morgan fingerprint density at radius 2 is 2.04 bits per heavy atom. The van der Waals surface area contributed by atoms with Gasteiger partial charge in [-0.15, -0.1) is 0 Å². The first-order chi connectivity index (χ1) is 11.9. The fourth-order valence-electron chi connectivity index (χ4n) is 2.95. The van der Waals surface area contributed by atoms with Crippen LogP contribution in [0.2, 0.25) is 0 Å². The van der Waals surface area contributed by atoms with Gasteiger partial charge in [-0.1, -0.05) is 6.07 Å².